The minimum Gasteiger partial charge on any atom is -0.278 e. The van der Waals surface area contributed by atoms with Crippen LogP contribution in [0.5, 0.6) is 0 Å². The van der Waals surface area contributed by atoms with Crippen molar-refractivity contribution < 1.29 is 13.2 Å². The van der Waals surface area contributed by atoms with Gasteiger partial charge in [0.15, 0.2) is 0 Å². The Kier molecular flexibility index (Phi) is 2.83. The molecule has 1 fully saturated rings. The van der Waals surface area contributed by atoms with Gasteiger partial charge in [-0.25, -0.2) is 13.6 Å². The Labute approximate surface area is 97.6 Å². The summed E-state index contributed by atoms with van der Waals surface area (Å²) in [5.74, 6) is -0.558. The third kappa shape index (κ3) is 2.77. The third-order valence-electron chi connectivity index (χ3n) is 2.41. The van der Waals surface area contributed by atoms with Crippen molar-refractivity contribution >= 4 is 21.9 Å². The molecule has 0 bridgehead atoms. The molecule has 0 aliphatic carbocycles. The monoisotopic (exact) mass is 260 g/mol. The van der Waals surface area contributed by atoms with Gasteiger partial charge in [0.05, 0.1) is 12.8 Å². The fourth-order valence-electron chi connectivity index (χ4n) is 1.80. The van der Waals surface area contributed by atoms with Gasteiger partial charge in [-0.05, 0) is 5.21 Å². The van der Waals surface area contributed by atoms with Gasteiger partial charge in [-0.2, -0.15) is 4.80 Å². The van der Waals surface area contributed by atoms with Crippen LogP contribution in [0.4, 0.5) is 5.95 Å². The van der Waals surface area contributed by atoms with Crippen LogP contribution in [0.1, 0.15) is 6.42 Å². The first-order valence-corrected chi connectivity index (χ1v) is 6.61. The van der Waals surface area contributed by atoms with E-state index in [1.165, 1.54) is 9.70 Å². The van der Waals surface area contributed by atoms with Gasteiger partial charge in [0, 0.05) is 18.9 Å². The number of hydrogen-bond acceptors (Lipinski definition) is 6. The maximum Gasteiger partial charge on any atom is 0.272 e. The predicted octanol–water partition coefficient (Wildman–Crippen LogP) is -2.15. The Balaban J connectivity index is 2.10. The molecule has 94 valence electrons. The third-order valence-corrected chi connectivity index (χ3v) is 3.35. The molecular formula is C7H12N6O3S. The van der Waals surface area contributed by atoms with Crippen molar-refractivity contribution in [3.05, 3.63) is 0 Å². The summed E-state index contributed by atoms with van der Waals surface area (Å²) in [6, 6.07) is 0. The first kappa shape index (κ1) is 11.9. The van der Waals surface area contributed by atoms with Crippen LogP contribution in [0.25, 0.3) is 0 Å². The molecule has 1 aromatic heterocycles. The second-order valence-corrected chi connectivity index (χ2v) is 5.64. The summed E-state index contributed by atoms with van der Waals surface area (Å²) in [4.78, 5) is 14.2. The number of aromatic nitrogens is 4. The van der Waals surface area contributed by atoms with Crippen molar-refractivity contribution in [1.82, 2.24) is 20.2 Å². The summed E-state index contributed by atoms with van der Waals surface area (Å²) in [6.07, 6.45) is 0.134. The normalized spacial score (nSPS) is 21.2. The van der Waals surface area contributed by atoms with Gasteiger partial charge in [-0.15, -0.1) is 5.10 Å². The van der Waals surface area contributed by atoms with Crippen molar-refractivity contribution in [3.63, 3.8) is 0 Å². The van der Waals surface area contributed by atoms with E-state index in [0.717, 1.165) is 0 Å². The Morgan fingerprint density at radius 2 is 2.24 bits per heavy atom. The molecule has 17 heavy (non-hydrogen) atoms. The van der Waals surface area contributed by atoms with Crippen LogP contribution in [0.3, 0.4) is 0 Å². The number of nitrogens with zero attached hydrogens (tertiary/aromatic N) is 5. The second kappa shape index (κ2) is 4.04. The van der Waals surface area contributed by atoms with E-state index in [-0.39, 0.29) is 36.5 Å². The zero-order valence-corrected chi connectivity index (χ0v) is 9.96. The van der Waals surface area contributed by atoms with E-state index in [9.17, 15) is 13.2 Å². The van der Waals surface area contributed by atoms with Crippen molar-refractivity contribution in [2.24, 2.45) is 18.1 Å². The van der Waals surface area contributed by atoms with Gasteiger partial charge in [-0.3, -0.25) is 9.69 Å². The average Bonchev–Trinajstić information content (AvgIpc) is 2.70. The number of tetrazole rings is 1. The highest BCUT2D eigenvalue weighted by atomic mass is 32.2. The SMILES string of the molecule is Cn1nnc(N2CC(CS(N)(=O)=O)CC2=O)n1. The highest BCUT2D eigenvalue weighted by Crippen LogP contribution is 2.22. The Hall–Kier alpha value is -1.55. The lowest BCUT2D eigenvalue weighted by Crippen LogP contribution is -2.28. The lowest BCUT2D eigenvalue weighted by Gasteiger charge is -2.10. The van der Waals surface area contributed by atoms with Crippen molar-refractivity contribution in [2.45, 2.75) is 6.42 Å². The first-order valence-electron chi connectivity index (χ1n) is 4.90. The van der Waals surface area contributed by atoms with Gasteiger partial charge in [0.1, 0.15) is 0 Å². The van der Waals surface area contributed by atoms with Crippen LogP contribution in [0.2, 0.25) is 0 Å². The minimum absolute atomic E-state index is 0.134. The van der Waals surface area contributed by atoms with E-state index in [4.69, 9.17) is 5.14 Å². The smallest absolute Gasteiger partial charge is 0.272 e. The predicted molar refractivity (Wildman–Crippen MR) is 57.2 cm³/mol. The van der Waals surface area contributed by atoms with Gasteiger partial charge in [-0.1, -0.05) is 5.10 Å². The minimum atomic E-state index is -3.57. The fraction of sp³-hybridized carbons (Fsp3) is 0.714. The summed E-state index contributed by atoms with van der Waals surface area (Å²) in [5, 5.41) is 16.2. The molecule has 2 heterocycles. The second-order valence-electron chi connectivity index (χ2n) is 3.98. The van der Waals surface area contributed by atoms with Crippen LogP contribution < -0.4 is 10.0 Å². The molecule has 1 saturated heterocycles. The fourth-order valence-corrected chi connectivity index (χ4v) is 2.68. The van der Waals surface area contributed by atoms with Crippen LogP contribution >= 0.6 is 0 Å². The molecule has 10 heteroatoms. The molecule has 2 rings (SSSR count). The standard InChI is InChI=1S/C7H12N6O3S/c1-12-10-7(9-11-12)13-3-5(2-6(13)14)4-17(8,15)16/h5H,2-4H2,1H3,(H2,8,15,16). The largest absolute Gasteiger partial charge is 0.278 e. The molecule has 0 radical (unpaired) electrons. The lowest BCUT2D eigenvalue weighted by molar-refractivity contribution is -0.117. The van der Waals surface area contributed by atoms with Crippen LogP contribution in [-0.4, -0.2) is 46.8 Å². The Morgan fingerprint density at radius 1 is 1.53 bits per heavy atom. The molecule has 1 aliphatic rings. The summed E-state index contributed by atoms with van der Waals surface area (Å²) in [5.41, 5.74) is 0. The van der Waals surface area contributed by atoms with E-state index in [2.05, 4.69) is 15.4 Å². The number of anilines is 1. The van der Waals surface area contributed by atoms with E-state index in [0.29, 0.717) is 0 Å². The van der Waals surface area contributed by atoms with E-state index < -0.39 is 10.0 Å². The maximum absolute atomic E-state index is 11.7. The van der Waals surface area contributed by atoms with Crippen LogP contribution in [-0.2, 0) is 21.9 Å². The highest BCUT2D eigenvalue weighted by Gasteiger charge is 2.34. The molecule has 2 N–H and O–H groups in total. The van der Waals surface area contributed by atoms with Crippen molar-refractivity contribution in [3.8, 4) is 0 Å². The van der Waals surface area contributed by atoms with Crippen molar-refractivity contribution in [1.29, 1.82) is 0 Å². The molecule has 1 atom stereocenters. The number of primary sulfonamides is 1. The van der Waals surface area contributed by atoms with Gasteiger partial charge in [0.2, 0.25) is 15.9 Å². The topological polar surface area (TPSA) is 124 Å². The molecule has 1 unspecified atom stereocenters. The molecule has 1 amide bonds. The van der Waals surface area contributed by atoms with Gasteiger partial charge in [0.25, 0.3) is 5.95 Å². The van der Waals surface area contributed by atoms with Gasteiger partial charge < -0.3 is 0 Å². The summed E-state index contributed by atoms with van der Waals surface area (Å²) >= 11 is 0. The number of aryl methyl sites for hydroxylation is 1. The Morgan fingerprint density at radius 3 is 2.76 bits per heavy atom. The van der Waals surface area contributed by atoms with Crippen molar-refractivity contribution in [2.75, 3.05) is 17.2 Å². The first-order chi connectivity index (χ1) is 7.85. The molecule has 9 nitrogen and oxygen atoms in total. The number of hydrogen-bond donors (Lipinski definition) is 1. The van der Waals surface area contributed by atoms with E-state index in [1.54, 1.807) is 7.05 Å². The molecular weight excluding hydrogens is 248 g/mol. The Bertz CT molecular complexity index is 538. The van der Waals surface area contributed by atoms with E-state index in [1.807, 2.05) is 0 Å². The summed E-state index contributed by atoms with van der Waals surface area (Å²) < 4.78 is 21.9. The molecule has 0 spiro atoms. The lowest BCUT2D eigenvalue weighted by atomic mass is 10.1. The molecule has 1 aromatic rings. The number of nitrogens with two attached hydrogens (primary N) is 1. The summed E-state index contributed by atoms with van der Waals surface area (Å²) in [7, 11) is -1.99. The zero-order chi connectivity index (χ0) is 12.6. The molecule has 0 saturated carbocycles. The number of carbonyl (C=O) groups excluding carboxylic acids is 1. The van der Waals surface area contributed by atoms with E-state index >= 15 is 0 Å². The molecule has 1 aliphatic heterocycles. The number of rotatable bonds is 3. The maximum atomic E-state index is 11.7. The zero-order valence-electron chi connectivity index (χ0n) is 9.15. The number of amides is 1. The number of carbonyl (C=O) groups is 1. The van der Waals surface area contributed by atoms with Crippen LogP contribution in [0, 0.1) is 5.92 Å². The summed E-state index contributed by atoms with van der Waals surface area (Å²) in [6.45, 7) is 0.251. The quantitative estimate of drug-likeness (QED) is 0.660. The molecule has 0 aromatic carbocycles. The number of sulfonamides is 1. The van der Waals surface area contributed by atoms with Crippen LogP contribution in [0.15, 0.2) is 0 Å². The average molecular weight is 260 g/mol. The highest BCUT2D eigenvalue weighted by molar-refractivity contribution is 7.89. The van der Waals surface area contributed by atoms with Gasteiger partial charge >= 0.3 is 0 Å².